The van der Waals surface area contributed by atoms with Gasteiger partial charge in [-0.2, -0.15) is 4.68 Å². The van der Waals surface area contributed by atoms with Crippen molar-refractivity contribution in [3.05, 3.63) is 53.3 Å². The molecule has 3 aromatic rings. The average molecular weight is 290 g/mol. The van der Waals surface area contributed by atoms with Crippen LogP contribution in [0.25, 0.3) is 17.1 Å². The molecule has 1 heterocycles. The number of nitrogen functional groups attached to an aromatic ring is 1. The van der Waals surface area contributed by atoms with Crippen molar-refractivity contribution in [2.45, 2.75) is 0 Å². The molecule has 2 N–H and O–H groups in total. The Hall–Kier alpha value is -2.47. The monoisotopic (exact) mass is 289 g/mol. The first-order chi connectivity index (χ1) is 9.65. The van der Waals surface area contributed by atoms with E-state index in [2.05, 4.69) is 15.5 Å². The molecule has 0 aliphatic carbocycles. The van der Waals surface area contributed by atoms with Crippen molar-refractivity contribution < 1.29 is 4.39 Å². The summed E-state index contributed by atoms with van der Waals surface area (Å²) < 4.78 is 15.3. The molecule has 0 spiro atoms. The van der Waals surface area contributed by atoms with E-state index >= 15 is 0 Å². The van der Waals surface area contributed by atoms with Gasteiger partial charge in [0.2, 0.25) is 0 Å². The fraction of sp³-hybridized carbons (Fsp3) is 0. The zero-order valence-corrected chi connectivity index (χ0v) is 10.9. The van der Waals surface area contributed by atoms with Gasteiger partial charge >= 0.3 is 0 Å². The highest BCUT2D eigenvalue weighted by Crippen LogP contribution is 2.23. The van der Waals surface area contributed by atoms with Crippen LogP contribution in [0.3, 0.4) is 0 Å². The quantitative estimate of drug-likeness (QED) is 0.736. The fourth-order valence-electron chi connectivity index (χ4n) is 1.81. The van der Waals surface area contributed by atoms with Gasteiger partial charge in [-0.25, -0.2) is 4.39 Å². The van der Waals surface area contributed by atoms with E-state index in [0.717, 1.165) is 5.56 Å². The summed E-state index contributed by atoms with van der Waals surface area (Å²) in [6.45, 7) is 0. The first kappa shape index (κ1) is 12.6. The van der Waals surface area contributed by atoms with Crippen LogP contribution < -0.4 is 5.73 Å². The molecule has 3 rings (SSSR count). The zero-order chi connectivity index (χ0) is 14.1. The Morgan fingerprint density at radius 2 is 1.85 bits per heavy atom. The lowest BCUT2D eigenvalue weighted by atomic mass is 10.2. The second-order valence-electron chi connectivity index (χ2n) is 4.13. The lowest BCUT2D eigenvalue weighted by Crippen LogP contribution is -2.02. The third-order valence-electron chi connectivity index (χ3n) is 2.78. The minimum Gasteiger partial charge on any atom is -0.399 e. The third kappa shape index (κ3) is 2.21. The van der Waals surface area contributed by atoms with E-state index in [4.69, 9.17) is 17.3 Å². The van der Waals surface area contributed by atoms with Crippen molar-refractivity contribution >= 4 is 17.3 Å². The molecule has 5 nitrogen and oxygen atoms in total. The van der Waals surface area contributed by atoms with Crippen LogP contribution in [0.2, 0.25) is 5.02 Å². The normalized spacial score (nSPS) is 10.7. The molecule has 0 aliphatic heterocycles. The van der Waals surface area contributed by atoms with Gasteiger partial charge < -0.3 is 5.73 Å². The van der Waals surface area contributed by atoms with Crippen LogP contribution in [0, 0.1) is 5.82 Å². The maximum absolute atomic E-state index is 14.0. The number of nitrogens with two attached hydrogens (primary N) is 1. The molecule has 0 bridgehead atoms. The molecule has 100 valence electrons. The van der Waals surface area contributed by atoms with Gasteiger partial charge in [0.25, 0.3) is 0 Å². The molecule has 20 heavy (non-hydrogen) atoms. The van der Waals surface area contributed by atoms with Crippen LogP contribution in [0.15, 0.2) is 42.5 Å². The molecule has 0 saturated carbocycles. The molecular formula is C13H9ClFN5. The zero-order valence-electron chi connectivity index (χ0n) is 10.2. The fourth-order valence-corrected chi connectivity index (χ4v) is 1.97. The van der Waals surface area contributed by atoms with Gasteiger partial charge in [-0.3, -0.25) is 0 Å². The maximum atomic E-state index is 14.0. The number of hydrogen-bond donors (Lipinski definition) is 1. The molecule has 0 saturated heterocycles. The van der Waals surface area contributed by atoms with Crippen LogP contribution in [-0.4, -0.2) is 20.2 Å². The molecule has 0 radical (unpaired) electrons. The van der Waals surface area contributed by atoms with E-state index in [9.17, 15) is 4.39 Å². The van der Waals surface area contributed by atoms with Crippen molar-refractivity contribution in [1.82, 2.24) is 20.2 Å². The minimum absolute atomic E-state index is 0.228. The van der Waals surface area contributed by atoms with Crippen molar-refractivity contribution in [2.75, 3.05) is 5.73 Å². The molecule has 0 atom stereocenters. The predicted octanol–water partition coefficient (Wildman–Crippen LogP) is 2.70. The first-order valence-corrected chi connectivity index (χ1v) is 6.12. The van der Waals surface area contributed by atoms with Crippen molar-refractivity contribution in [2.24, 2.45) is 0 Å². The van der Waals surface area contributed by atoms with Gasteiger partial charge in [-0.05, 0) is 52.9 Å². The van der Waals surface area contributed by atoms with Crippen LogP contribution >= 0.6 is 11.6 Å². The highest BCUT2D eigenvalue weighted by Gasteiger charge is 2.14. The molecule has 0 amide bonds. The molecule has 2 aromatic carbocycles. The summed E-state index contributed by atoms with van der Waals surface area (Å²) in [4.78, 5) is 0. The molecule has 7 heteroatoms. The van der Waals surface area contributed by atoms with Crippen molar-refractivity contribution in [3.8, 4) is 17.1 Å². The van der Waals surface area contributed by atoms with E-state index in [1.807, 2.05) is 0 Å². The van der Waals surface area contributed by atoms with Gasteiger partial charge in [0.1, 0.15) is 11.5 Å². The minimum atomic E-state index is -0.499. The highest BCUT2D eigenvalue weighted by molar-refractivity contribution is 6.30. The molecular weight excluding hydrogens is 281 g/mol. The number of benzene rings is 2. The van der Waals surface area contributed by atoms with E-state index in [-0.39, 0.29) is 5.69 Å². The molecule has 1 aromatic heterocycles. The Kier molecular flexibility index (Phi) is 3.08. The number of halogens is 2. The second kappa shape index (κ2) is 4.90. The van der Waals surface area contributed by atoms with Crippen molar-refractivity contribution in [1.29, 1.82) is 0 Å². The Labute approximate surface area is 118 Å². The van der Waals surface area contributed by atoms with Crippen LogP contribution in [0.4, 0.5) is 10.1 Å². The summed E-state index contributed by atoms with van der Waals surface area (Å²) in [6.07, 6.45) is 0. The van der Waals surface area contributed by atoms with E-state index in [1.165, 1.54) is 16.8 Å². The number of rotatable bonds is 2. The smallest absolute Gasteiger partial charge is 0.187 e. The second-order valence-corrected chi connectivity index (χ2v) is 4.57. The number of anilines is 1. The Morgan fingerprint density at radius 1 is 1.10 bits per heavy atom. The Bertz CT molecular complexity index is 754. The van der Waals surface area contributed by atoms with E-state index in [0.29, 0.717) is 16.5 Å². The van der Waals surface area contributed by atoms with E-state index in [1.54, 1.807) is 30.3 Å². The topological polar surface area (TPSA) is 69.6 Å². The third-order valence-corrected chi connectivity index (χ3v) is 3.01. The summed E-state index contributed by atoms with van der Waals surface area (Å²) in [7, 11) is 0. The summed E-state index contributed by atoms with van der Waals surface area (Å²) in [5, 5.41) is 11.6. The summed E-state index contributed by atoms with van der Waals surface area (Å²) in [5.41, 5.74) is 7.23. The lowest BCUT2D eigenvalue weighted by molar-refractivity contribution is 0.608. The molecule has 0 aliphatic rings. The standard InChI is InChI=1S/C13H9ClFN5/c14-9-3-6-12(11(15)7-9)20-13(17-18-19-20)8-1-4-10(16)5-2-8/h1-7H,16H2. The summed E-state index contributed by atoms with van der Waals surface area (Å²) in [5.74, 6) is -0.0762. The number of nitrogens with zero attached hydrogens (tertiary/aromatic N) is 4. The van der Waals surface area contributed by atoms with Crippen LogP contribution in [0.5, 0.6) is 0 Å². The summed E-state index contributed by atoms with van der Waals surface area (Å²) in [6, 6.07) is 11.3. The van der Waals surface area contributed by atoms with Gasteiger partial charge in [-0.1, -0.05) is 11.6 Å². The van der Waals surface area contributed by atoms with Crippen molar-refractivity contribution in [3.63, 3.8) is 0 Å². The Balaban J connectivity index is 2.12. The van der Waals surface area contributed by atoms with Gasteiger partial charge in [0.15, 0.2) is 5.82 Å². The summed E-state index contributed by atoms with van der Waals surface area (Å²) >= 11 is 5.74. The van der Waals surface area contributed by atoms with Gasteiger partial charge in [0.05, 0.1) is 0 Å². The highest BCUT2D eigenvalue weighted by atomic mass is 35.5. The number of tetrazole rings is 1. The van der Waals surface area contributed by atoms with Gasteiger partial charge in [-0.15, -0.1) is 5.10 Å². The van der Waals surface area contributed by atoms with E-state index < -0.39 is 5.82 Å². The van der Waals surface area contributed by atoms with Crippen LogP contribution in [0.1, 0.15) is 0 Å². The SMILES string of the molecule is Nc1ccc(-c2nnnn2-c2ccc(Cl)cc2F)cc1. The maximum Gasteiger partial charge on any atom is 0.187 e. The number of aromatic nitrogens is 4. The Morgan fingerprint density at radius 3 is 2.55 bits per heavy atom. The predicted molar refractivity (Wildman–Crippen MR) is 74.0 cm³/mol. The molecule has 0 fully saturated rings. The first-order valence-electron chi connectivity index (χ1n) is 5.75. The largest absolute Gasteiger partial charge is 0.399 e. The van der Waals surface area contributed by atoms with Crippen LogP contribution in [-0.2, 0) is 0 Å². The number of hydrogen-bond acceptors (Lipinski definition) is 4. The average Bonchev–Trinajstić information content (AvgIpc) is 2.88. The van der Waals surface area contributed by atoms with Gasteiger partial charge in [0, 0.05) is 16.3 Å². The lowest BCUT2D eigenvalue weighted by Gasteiger charge is -2.06. The molecule has 0 unspecified atom stereocenters.